The summed E-state index contributed by atoms with van der Waals surface area (Å²) < 4.78 is 30.6. The van der Waals surface area contributed by atoms with Crippen LogP contribution in [-0.2, 0) is 0 Å². The number of benzene rings is 1. The number of aliphatic hydroxyl groups is 1. The van der Waals surface area contributed by atoms with E-state index in [-0.39, 0.29) is 32.5 Å². The molecule has 2 saturated heterocycles. The number of hydrogen-bond donors (Lipinski definition) is 3. The van der Waals surface area contributed by atoms with Crippen LogP contribution in [0.5, 0.6) is 0 Å². The Kier molecular flexibility index (Phi) is 8.22. The fourth-order valence-electron chi connectivity index (χ4n) is 5.18. The number of hydrogen-bond acceptors (Lipinski definition) is 10. The molecule has 0 atom stereocenters. The first-order valence-electron chi connectivity index (χ1n) is 13.5. The Bertz CT molecular complexity index is 1220. The average molecular weight is 559 g/mol. The molecule has 0 radical (unpaired) electrons. The molecule has 3 heterocycles. The Balaban J connectivity index is 1.37. The number of aliphatic hydroxyl groups excluding tert-OH is 1. The van der Waals surface area contributed by atoms with Crippen LogP contribution < -0.4 is 20.4 Å². The van der Waals surface area contributed by atoms with Gasteiger partial charge in [0.15, 0.2) is 0 Å². The lowest BCUT2D eigenvalue weighted by Gasteiger charge is -2.34. The second-order valence-corrected chi connectivity index (χ2v) is 11.6. The molecule has 1 spiro atoms. The van der Waals surface area contributed by atoms with Gasteiger partial charge in [0.05, 0.1) is 29.9 Å². The molecule has 1 aromatic heterocycles. The normalized spacial score (nSPS) is 20.6. The molecule has 0 unspecified atom stereocenters. The van der Waals surface area contributed by atoms with Crippen molar-refractivity contribution in [1.82, 2.24) is 9.97 Å². The highest BCUT2D eigenvalue weighted by Crippen LogP contribution is 2.54. The molecule has 3 fully saturated rings. The molecule has 210 valence electrons. The third-order valence-electron chi connectivity index (χ3n) is 7.83. The van der Waals surface area contributed by atoms with Gasteiger partial charge in [-0.2, -0.15) is 5.10 Å². The van der Waals surface area contributed by atoms with Crippen LogP contribution >= 0.6 is 11.9 Å². The van der Waals surface area contributed by atoms with Crippen molar-refractivity contribution >= 4 is 46.9 Å². The highest BCUT2D eigenvalue weighted by molar-refractivity contribution is 8.00. The summed E-state index contributed by atoms with van der Waals surface area (Å²) in [5.41, 5.74) is 4.90. The first-order valence-corrected chi connectivity index (χ1v) is 14.5. The fourth-order valence-corrected chi connectivity index (χ4v) is 5.67. The minimum absolute atomic E-state index is 0.108. The highest BCUT2D eigenvalue weighted by atomic mass is 32.2. The molecule has 12 heteroatoms. The second kappa shape index (κ2) is 11.6. The van der Waals surface area contributed by atoms with Crippen molar-refractivity contribution in [3.05, 3.63) is 35.7 Å². The van der Waals surface area contributed by atoms with Crippen LogP contribution in [0.25, 0.3) is 0 Å². The van der Waals surface area contributed by atoms with Gasteiger partial charge in [0.1, 0.15) is 5.71 Å². The standard InChI is InChI=1S/C27H36F2N8OS/c1-19-16-22(33-25(32-19)37-12-8-27(28,29)9-13-37)23(34-30)18-31-21-3-2-20(35-39-15-14-38)17-24(21)36-10-6-26(4-5-26)7-11-36/h2-3,16-18,35,38H,4-15,30H2,1H3/b31-18?,34-23+. The molecule has 9 nitrogen and oxygen atoms in total. The Morgan fingerprint density at radius 2 is 1.79 bits per heavy atom. The van der Waals surface area contributed by atoms with E-state index in [2.05, 4.69) is 30.8 Å². The summed E-state index contributed by atoms with van der Waals surface area (Å²) in [6.45, 7) is 4.29. The summed E-state index contributed by atoms with van der Waals surface area (Å²) in [5.74, 6) is 4.12. The number of aromatic nitrogens is 2. The van der Waals surface area contributed by atoms with Crippen molar-refractivity contribution in [2.45, 2.75) is 51.4 Å². The Hall–Kier alpha value is -2.99. The Labute approximate surface area is 232 Å². The van der Waals surface area contributed by atoms with Gasteiger partial charge in [-0.25, -0.2) is 18.7 Å². The van der Waals surface area contributed by atoms with E-state index in [1.54, 1.807) is 17.2 Å². The maximum Gasteiger partial charge on any atom is 0.251 e. The predicted molar refractivity (Wildman–Crippen MR) is 155 cm³/mol. The Morgan fingerprint density at radius 3 is 2.46 bits per heavy atom. The molecule has 39 heavy (non-hydrogen) atoms. The number of nitrogens with one attached hydrogen (secondary N) is 1. The van der Waals surface area contributed by atoms with Gasteiger partial charge in [0, 0.05) is 56.2 Å². The van der Waals surface area contributed by atoms with Gasteiger partial charge < -0.3 is 25.5 Å². The van der Waals surface area contributed by atoms with Gasteiger partial charge in [-0.3, -0.25) is 4.99 Å². The number of aryl methyl sites for hydroxylation is 1. The number of piperidine rings is 2. The van der Waals surface area contributed by atoms with Gasteiger partial charge in [0.25, 0.3) is 5.92 Å². The molecular formula is C27H36F2N8OS. The van der Waals surface area contributed by atoms with Crippen LogP contribution in [0.3, 0.4) is 0 Å². The van der Waals surface area contributed by atoms with E-state index in [9.17, 15) is 8.78 Å². The van der Waals surface area contributed by atoms with Gasteiger partial charge in [-0.05, 0) is 62.3 Å². The maximum absolute atomic E-state index is 13.7. The molecule has 2 aliphatic heterocycles. The van der Waals surface area contributed by atoms with E-state index in [1.807, 2.05) is 19.1 Å². The van der Waals surface area contributed by atoms with E-state index in [4.69, 9.17) is 15.9 Å². The molecule has 1 aromatic carbocycles. The molecule has 5 rings (SSSR count). The second-order valence-electron chi connectivity index (χ2n) is 10.7. The molecule has 1 aliphatic carbocycles. The summed E-state index contributed by atoms with van der Waals surface area (Å²) in [6, 6.07) is 7.80. The van der Waals surface area contributed by atoms with Crippen molar-refractivity contribution in [3.8, 4) is 0 Å². The van der Waals surface area contributed by atoms with Crippen LogP contribution in [0.4, 0.5) is 31.8 Å². The average Bonchev–Trinajstić information content (AvgIpc) is 3.68. The van der Waals surface area contributed by atoms with E-state index >= 15 is 0 Å². The lowest BCUT2D eigenvalue weighted by molar-refractivity contribution is -0.0222. The number of alkyl halides is 2. The van der Waals surface area contributed by atoms with Crippen LogP contribution in [0.1, 0.15) is 49.9 Å². The zero-order chi connectivity index (χ0) is 27.5. The Morgan fingerprint density at radius 1 is 1.08 bits per heavy atom. The minimum Gasteiger partial charge on any atom is -0.395 e. The molecular weight excluding hydrogens is 522 g/mol. The van der Waals surface area contributed by atoms with Crippen LogP contribution in [0.15, 0.2) is 34.4 Å². The molecule has 3 aliphatic rings. The first kappa shape index (κ1) is 27.6. The van der Waals surface area contributed by atoms with Gasteiger partial charge in [0.2, 0.25) is 5.95 Å². The zero-order valence-electron chi connectivity index (χ0n) is 22.2. The van der Waals surface area contributed by atoms with Crippen LogP contribution in [0.2, 0.25) is 0 Å². The van der Waals surface area contributed by atoms with Crippen LogP contribution in [-0.4, -0.2) is 71.5 Å². The van der Waals surface area contributed by atoms with Gasteiger partial charge >= 0.3 is 0 Å². The molecule has 2 aromatic rings. The zero-order valence-corrected chi connectivity index (χ0v) is 23.1. The van der Waals surface area contributed by atoms with E-state index in [1.165, 1.54) is 37.6 Å². The highest BCUT2D eigenvalue weighted by Gasteiger charge is 2.44. The summed E-state index contributed by atoms with van der Waals surface area (Å²) in [5, 5.41) is 13.1. The smallest absolute Gasteiger partial charge is 0.251 e. The first-order chi connectivity index (χ1) is 18.8. The quantitative estimate of drug-likeness (QED) is 0.135. The fraction of sp³-hybridized carbons (Fsp3) is 0.556. The monoisotopic (exact) mass is 558 g/mol. The number of rotatable bonds is 9. The molecule has 4 N–H and O–H groups in total. The topological polar surface area (TPSA) is 115 Å². The van der Waals surface area contributed by atoms with Crippen molar-refractivity contribution in [1.29, 1.82) is 0 Å². The third-order valence-corrected chi connectivity index (χ3v) is 8.60. The number of halogens is 2. The molecule has 0 bridgehead atoms. The van der Waals surface area contributed by atoms with E-state index < -0.39 is 5.92 Å². The minimum atomic E-state index is -2.65. The third kappa shape index (κ3) is 6.78. The number of nitrogens with zero attached hydrogens (tertiary/aromatic N) is 6. The molecule has 1 saturated carbocycles. The number of aliphatic imine (C=N–C) groups is 1. The number of hydrazone groups is 1. The van der Waals surface area contributed by atoms with E-state index in [0.29, 0.717) is 34.2 Å². The van der Waals surface area contributed by atoms with Crippen molar-refractivity contribution in [2.24, 2.45) is 21.4 Å². The van der Waals surface area contributed by atoms with Gasteiger partial charge in [-0.1, -0.05) is 11.9 Å². The largest absolute Gasteiger partial charge is 0.395 e. The van der Waals surface area contributed by atoms with E-state index in [0.717, 1.165) is 30.2 Å². The molecule has 0 amide bonds. The van der Waals surface area contributed by atoms with Crippen LogP contribution in [0, 0.1) is 12.3 Å². The van der Waals surface area contributed by atoms with Crippen molar-refractivity contribution < 1.29 is 13.9 Å². The van der Waals surface area contributed by atoms with Gasteiger partial charge in [-0.15, -0.1) is 0 Å². The maximum atomic E-state index is 13.7. The summed E-state index contributed by atoms with van der Waals surface area (Å²) in [6.07, 6.45) is 6.21. The lowest BCUT2D eigenvalue weighted by Crippen LogP contribution is -2.40. The number of anilines is 3. The summed E-state index contributed by atoms with van der Waals surface area (Å²) >= 11 is 1.46. The lowest BCUT2D eigenvalue weighted by atomic mass is 9.93. The predicted octanol–water partition coefficient (Wildman–Crippen LogP) is 4.52. The number of nitrogens with two attached hydrogens (primary N) is 1. The summed E-state index contributed by atoms with van der Waals surface area (Å²) in [7, 11) is 0. The summed E-state index contributed by atoms with van der Waals surface area (Å²) in [4.78, 5) is 18.0. The SMILES string of the molecule is Cc1cc(/C(C=Nc2ccc(NSCCO)cc2N2CCC3(CC2)CC3)=N/N)nc(N2CCC(F)(F)CC2)n1. The van der Waals surface area contributed by atoms with Crippen molar-refractivity contribution in [2.75, 3.05) is 53.1 Å². The van der Waals surface area contributed by atoms with Crippen molar-refractivity contribution in [3.63, 3.8) is 0 Å².